The number of nitrogens with one attached hydrogen (secondary N) is 1. The van der Waals surface area contributed by atoms with Gasteiger partial charge in [-0.2, -0.15) is 0 Å². The van der Waals surface area contributed by atoms with Crippen LogP contribution in [0.5, 0.6) is 0 Å². The first-order valence-corrected chi connectivity index (χ1v) is 8.93. The number of carbonyl (C=O) groups excluding carboxylic acids is 1. The maximum absolute atomic E-state index is 12.1. The van der Waals surface area contributed by atoms with E-state index in [0.29, 0.717) is 12.5 Å². The van der Waals surface area contributed by atoms with Crippen molar-refractivity contribution in [2.45, 2.75) is 39.7 Å². The number of carbonyl (C=O) groups is 1. The lowest BCUT2D eigenvalue weighted by Crippen LogP contribution is -2.23. The minimum Gasteiger partial charge on any atom is -0.351 e. The monoisotopic (exact) mass is 334 g/mol. The molecule has 2 aromatic heterocycles. The molecule has 23 heavy (non-hydrogen) atoms. The van der Waals surface area contributed by atoms with Gasteiger partial charge in [-0.1, -0.05) is 19.0 Å². The van der Waals surface area contributed by atoms with Crippen LogP contribution in [0.1, 0.15) is 48.6 Å². The van der Waals surface area contributed by atoms with Crippen molar-refractivity contribution in [2.75, 3.05) is 18.0 Å². The van der Waals surface area contributed by atoms with Crippen molar-refractivity contribution < 1.29 is 9.32 Å². The summed E-state index contributed by atoms with van der Waals surface area (Å²) >= 11 is 1.63. The number of rotatable bonds is 6. The fourth-order valence-electron chi connectivity index (χ4n) is 2.62. The highest BCUT2D eigenvalue weighted by molar-refractivity contribution is 7.13. The Kier molecular flexibility index (Phi) is 4.95. The third-order valence-electron chi connectivity index (χ3n) is 3.75. The molecule has 1 fully saturated rings. The van der Waals surface area contributed by atoms with Crippen LogP contribution in [0.15, 0.2) is 16.0 Å². The molecule has 0 atom stereocenters. The molecule has 0 radical (unpaired) electrons. The lowest BCUT2D eigenvalue weighted by atomic mass is 10.1. The van der Waals surface area contributed by atoms with Gasteiger partial charge in [0.05, 0.1) is 17.9 Å². The average Bonchev–Trinajstić information content (AvgIpc) is 3.24. The highest BCUT2D eigenvalue weighted by Gasteiger charge is 2.17. The second-order valence-corrected chi connectivity index (χ2v) is 7.12. The highest BCUT2D eigenvalue weighted by atomic mass is 32.1. The van der Waals surface area contributed by atoms with Crippen LogP contribution in [0, 0.1) is 5.92 Å². The van der Waals surface area contributed by atoms with Crippen LogP contribution in [0.4, 0.5) is 5.13 Å². The third-order valence-corrected chi connectivity index (χ3v) is 4.70. The van der Waals surface area contributed by atoms with E-state index in [1.807, 2.05) is 5.38 Å². The van der Waals surface area contributed by atoms with Crippen LogP contribution in [0.3, 0.4) is 0 Å². The Balaban J connectivity index is 1.53. The summed E-state index contributed by atoms with van der Waals surface area (Å²) < 4.78 is 5.11. The number of aromatic nitrogens is 2. The van der Waals surface area contributed by atoms with Crippen molar-refractivity contribution in [3.05, 3.63) is 28.6 Å². The first kappa shape index (κ1) is 16.0. The van der Waals surface area contributed by atoms with Crippen LogP contribution in [-0.2, 0) is 13.0 Å². The Labute approximate surface area is 139 Å². The largest absolute Gasteiger partial charge is 0.351 e. The van der Waals surface area contributed by atoms with Gasteiger partial charge in [-0.25, -0.2) is 4.98 Å². The molecular formula is C16H22N4O2S. The molecule has 6 nitrogen and oxygen atoms in total. The van der Waals surface area contributed by atoms with Crippen LogP contribution < -0.4 is 10.2 Å². The fourth-order valence-corrected chi connectivity index (χ4v) is 3.50. The quantitative estimate of drug-likeness (QED) is 0.879. The molecule has 0 aliphatic carbocycles. The number of hydrogen-bond acceptors (Lipinski definition) is 6. The zero-order chi connectivity index (χ0) is 16.2. The van der Waals surface area contributed by atoms with Gasteiger partial charge in [0.1, 0.15) is 0 Å². The van der Waals surface area contributed by atoms with Gasteiger partial charge in [-0.15, -0.1) is 11.3 Å². The molecule has 0 spiro atoms. The van der Waals surface area contributed by atoms with Crippen LogP contribution in [0.2, 0.25) is 0 Å². The number of nitrogens with zero attached hydrogens (tertiary/aromatic N) is 3. The summed E-state index contributed by atoms with van der Waals surface area (Å²) in [6.07, 6.45) is 3.27. The molecule has 3 heterocycles. The molecule has 1 saturated heterocycles. The molecule has 1 aliphatic rings. The van der Waals surface area contributed by atoms with E-state index in [0.717, 1.165) is 36.0 Å². The van der Waals surface area contributed by atoms with Crippen LogP contribution in [-0.4, -0.2) is 29.1 Å². The van der Waals surface area contributed by atoms with Gasteiger partial charge >= 0.3 is 0 Å². The van der Waals surface area contributed by atoms with Gasteiger partial charge in [0.15, 0.2) is 5.13 Å². The van der Waals surface area contributed by atoms with Gasteiger partial charge in [-0.05, 0) is 25.2 Å². The van der Waals surface area contributed by atoms with Gasteiger partial charge in [0.2, 0.25) is 5.76 Å². The smallest absolute Gasteiger partial charge is 0.290 e. The highest BCUT2D eigenvalue weighted by Crippen LogP contribution is 2.24. The van der Waals surface area contributed by atoms with E-state index in [9.17, 15) is 4.79 Å². The zero-order valence-electron chi connectivity index (χ0n) is 13.5. The molecule has 1 N–H and O–H groups in total. The van der Waals surface area contributed by atoms with E-state index in [4.69, 9.17) is 4.52 Å². The number of hydrogen-bond donors (Lipinski definition) is 1. The third kappa shape index (κ3) is 4.10. The summed E-state index contributed by atoms with van der Waals surface area (Å²) in [5, 5.41) is 9.82. The fraction of sp³-hybridized carbons (Fsp3) is 0.562. The normalized spacial score (nSPS) is 14.7. The van der Waals surface area contributed by atoms with Gasteiger partial charge < -0.3 is 14.7 Å². The van der Waals surface area contributed by atoms with Gasteiger partial charge in [0.25, 0.3) is 5.91 Å². The maximum Gasteiger partial charge on any atom is 0.290 e. The molecule has 1 aliphatic heterocycles. The average molecular weight is 334 g/mol. The zero-order valence-corrected chi connectivity index (χ0v) is 14.4. The summed E-state index contributed by atoms with van der Waals surface area (Å²) in [5.74, 6) is 0.494. The molecule has 124 valence electrons. The predicted molar refractivity (Wildman–Crippen MR) is 89.8 cm³/mol. The summed E-state index contributed by atoms with van der Waals surface area (Å²) in [7, 11) is 0. The summed E-state index contributed by atoms with van der Waals surface area (Å²) in [6, 6.07) is 1.71. The topological polar surface area (TPSA) is 71.3 Å². The number of amides is 1. The standard InChI is InChI=1S/C16H22N4O2S/c1-11(2)7-12-8-14(22-19-12)15(21)17-9-13-10-23-16(18-13)20-5-3-4-6-20/h8,10-11H,3-7,9H2,1-2H3,(H,17,21). The van der Waals surface area contributed by atoms with E-state index in [2.05, 4.69) is 34.2 Å². The lowest BCUT2D eigenvalue weighted by Gasteiger charge is -2.12. The van der Waals surface area contributed by atoms with Crippen LogP contribution in [0.25, 0.3) is 0 Å². The lowest BCUT2D eigenvalue weighted by molar-refractivity contribution is 0.0913. The molecule has 0 unspecified atom stereocenters. The van der Waals surface area contributed by atoms with Gasteiger partial charge in [-0.3, -0.25) is 4.79 Å². The van der Waals surface area contributed by atoms with Crippen molar-refractivity contribution in [3.8, 4) is 0 Å². The molecule has 2 aromatic rings. The Bertz CT molecular complexity index is 659. The van der Waals surface area contributed by atoms with E-state index in [1.165, 1.54) is 12.8 Å². The Morgan fingerprint density at radius 3 is 2.91 bits per heavy atom. The molecule has 0 bridgehead atoms. The molecular weight excluding hydrogens is 312 g/mol. The van der Waals surface area contributed by atoms with Gasteiger partial charge in [0, 0.05) is 24.5 Å². The van der Waals surface area contributed by atoms with Crippen molar-refractivity contribution in [2.24, 2.45) is 5.92 Å². The molecule has 1 amide bonds. The Morgan fingerprint density at radius 1 is 1.39 bits per heavy atom. The summed E-state index contributed by atoms with van der Waals surface area (Å²) in [6.45, 7) is 6.78. The summed E-state index contributed by atoms with van der Waals surface area (Å²) in [5.41, 5.74) is 1.70. The molecule has 3 rings (SSSR count). The second kappa shape index (κ2) is 7.12. The number of thiazole rings is 1. The minimum absolute atomic E-state index is 0.247. The molecule has 7 heteroatoms. The molecule has 0 saturated carbocycles. The Morgan fingerprint density at radius 2 is 2.17 bits per heavy atom. The van der Waals surface area contributed by atoms with Crippen molar-refractivity contribution in [1.82, 2.24) is 15.5 Å². The van der Waals surface area contributed by atoms with Crippen molar-refractivity contribution in [1.29, 1.82) is 0 Å². The van der Waals surface area contributed by atoms with E-state index < -0.39 is 0 Å². The van der Waals surface area contributed by atoms with Crippen molar-refractivity contribution in [3.63, 3.8) is 0 Å². The van der Waals surface area contributed by atoms with E-state index in [-0.39, 0.29) is 11.7 Å². The van der Waals surface area contributed by atoms with E-state index in [1.54, 1.807) is 17.4 Å². The van der Waals surface area contributed by atoms with Crippen LogP contribution >= 0.6 is 11.3 Å². The first-order valence-electron chi connectivity index (χ1n) is 8.05. The number of anilines is 1. The Hall–Kier alpha value is -1.89. The maximum atomic E-state index is 12.1. The molecule has 0 aromatic carbocycles. The van der Waals surface area contributed by atoms with Crippen molar-refractivity contribution >= 4 is 22.4 Å². The first-order chi connectivity index (χ1) is 11.1. The SMILES string of the molecule is CC(C)Cc1cc(C(=O)NCc2csc(N3CCCC3)n2)on1. The summed E-state index contributed by atoms with van der Waals surface area (Å²) in [4.78, 5) is 19.0. The van der Waals surface area contributed by atoms with E-state index >= 15 is 0 Å². The second-order valence-electron chi connectivity index (χ2n) is 6.28. The predicted octanol–water partition coefficient (Wildman–Crippen LogP) is 2.86. The minimum atomic E-state index is -0.247.